The quantitative estimate of drug-likeness (QED) is 0.676. The highest BCUT2D eigenvalue weighted by Crippen LogP contribution is 2.18. The minimum atomic E-state index is 0.0445. The van der Waals surface area contributed by atoms with E-state index in [1.807, 2.05) is 26.0 Å². The van der Waals surface area contributed by atoms with Gasteiger partial charge in [-0.25, -0.2) is 0 Å². The third-order valence-corrected chi connectivity index (χ3v) is 2.33. The van der Waals surface area contributed by atoms with Crippen LogP contribution in [0.5, 0.6) is 0 Å². The number of hydrogen-bond acceptors (Lipinski definition) is 3. The summed E-state index contributed by atoms with van der Waals surface area (Å²) >= 11 is 0. The molecule has 1 heterocycles. The van der Waals surface area contributed by atoms with Gasteiger partial charge in [0.2, 0.25) is 0 Å². The molecule has 0 aliphatic heterocycles. The molecule has 1 aromatic rings. The first-order valence-corrected chi connectivity index (χ1v) is 4.76. The topological polar surface area (TPSA) is 42.9 Å². The number of fused-ring (bicyclic) bond motifs is 1. The van der Waals surface area contributed by atoms with Gasteiger partial charge in [-0.1, -0.05) is 19.9 Å². The number of nitrogens with zero attached hydrogens (tertiary/aromatic N) is 2. The molecule has 0 aromatic carbocycles. The molecular formula is C11H12N2O. The summed E-state index contributed by atoms with van der Waals surface area (Å²) in [6, 6.07) is 1.86. The average molecular weight is 188 g/mol. The molecular weight excluding hydrogens is 176 g/mol. The van der Waals surface area contributed by atoms with Crippen LogP contribution in [0, 0.1) is 0 Å². The summed E-state index contributed by atoms with van der Waals surface area (Å²) in [6.45, 7) is 4.08. The maximum absolute atomic E-state index is 11.5. The first-order chi connectivity index (χ1) is 6.68. The molecule has 0 saturated carbocycles. The van der Waals surface area contributed by atoms with Crippen molar-refractivity contribution in [3.05, 3.63) is 35.2 Å². The molecule has 0 fully saturated rings. The molecule has 1 aliphatic rings. The van der Waals surface area contributed by atoms with E-state index in [0.29, 0.717) is 17.9 Å². The van der Waals surface area contributed by atoms with Gasteiger partial charge >= 0.3 is 0 Å². The zero-order chi connectivity index (χ0) is 10.1. The first kappa shape index (κ1) is 9.06. The molecule has 0 saturated heterocycles. The molecule has 2 rings (SSSR count). The first-order valence-electron chi connectivity index (χ1n) is 4.76. The molecule has 0 N–H and O–H groups in total. The van der Waals surface area contributed by atoms with Crippen LogP contribution in [0.25, 0.3) is 0 Å². The van der Waals surface area contributed by atoms with Crippen LogP contribution in [-0.4, -0.2) is 16.0 Å². The predicted octanol–water partition coefficient (Wildman–Crippen LogP) is 1.90. The molecule has 3 nitrogen and oxygen atoms in total. The third kappa shape index (κ3) is 1.45. The smallest absolute Gasteiger partial charge is 0.187 e. The summed E-state index contributed by atoms with van der Waals surface area (Å²) in [7, 11) is 0. The normalized spacial score (nSPS) is 14.6. The van der Waals surface area contributed by atoms with Crippen LogP contribution in [-0.2, 0) is 6.42 Å². The maximum Gasteiger partial charge on any atom is 0.187 e. The van der Waals surface area contributed by atoms with E-state index < -0.39 is 0 Å². The Kier molecular flexibility index (Phi) is 2.15. The van der Waals surface area contributed by atoms with Crippen molar-refractivity contribution in [1.82, 2.24) is 10.2 Å². The third-order valence-electron chi connectivity index (χ3n) is 2.33. The van der Waals surface area contributed by atoms with Crippen LogP contribution in [0.2, 0.25) is 0 Å². The van der Waals surface area contributed by atoms with Gasteiger partial charge in [0.1, 0.15) is 0 Å². The number of allylic oxidation sites excluding steroid dienone is 2. The summed E-state index contributed by atoms with van der Waals surface area (Å²) in [5.74, 6) is 0.356. The Bertz CT molecular complexity index is 408. The summed E-state index contributed by atoms with van der Waals surface area (Å²) in [5.41, 5.74) is 2.39. The monoisotopic (exact) mass is 188 g/mol. The molecule has 0 unspecified atom stereocenters. The Labute approximate surface area is 82.9 Å². The van der Waals surface area contributed by atoms with Crippen LogP contribution >= 0.6 is 0 Å². The summed E-state index contributed by atoms with van der Waals surface area (Å²) in [4.78, 5) is 11.5. The number of carbonyl (C=O) groups excluding carboxylic acids is 1. The van der Waals surface area contributed by atoms with Crippen LogP contribution in [0.4, 0.5) is 0 Å². The highest BCUT2D eigenvalue weighted by molar-refractivity contribution is 6.06. The largest absolute Gasteiger partial charge is 0.289 e. The van der Waals surface area contributed by atoms with Gasteiger partial charge in [-0.2, -0.15) is 10.2 Å². The second-order valence-electron chi connectivity index (χ2n) is 3.76. The minimum absolute atomic E-state index is 0.0445. The number of rotatable bonds is 1. The SMILES string of the molecule is CC(C)c1cc2c(nn1)CC=CC2=O. The Morgan fingerprint density at radius 1 is 1.36 bits per heavy atom. The molecule has 0 radical (unpaired) electrons. The number of ketones is 1. The molecule has 72 valence electrons. The second-order valence-corrected chi connectivity index (χ2v) is 3.76. The van der Waals surface area contributed by atoms with Crippen molar-refractivity contribution in [2.75, 3.05) is 0 Å². The molecule has 0 atom stereocenters. The van der Waals surface area contributed by atoms with Crippen LogP contribution < -0.4 is 0 Å². The van der Waals surface area contributed by atoms with E-state index in [0.717, 1.165) is 11.4 Å². The van der Waals surface area contributed by atoms with Crippen LogP contribution in [0.15, 0.2) is 18.2 Å². The van der Waals surface area contributed by atoms with E-state index in [1.54, 1.807) is 6.08 Å². The van der Waals surface area contributed by atoms with E-state index in [-0.39, 0.29) is 5.78 Å². The maximum atomic E-state index is 11.5. The van der Waals surface area contributed by atoms with Gasteiger partial charge in [-0.15, -0.1) is 0 Å². The lowest BCUT2D eigenvalue weighted by Crippen LogP contribution is -2.11. The van der Waals surface area contributed by atoms with Gasteiger partial charge in [0.25, 0.3) is 0 Å². The lowest BCUT2D eigenvalue weighted by atomic mass is 9.99. The Balaban J connectivity index is 2.49. The summed E-state index contributed by atoms with van der Waals surface area (Å²) in [5, 5.41) is 8.16. The van der Waals surface area contributed by atoms with Crippen molar-refractivity contribution in [3.8, 4) is 0 Å². The molecule has 0 amide bonds. The summed E-state index contributed by atoms with van der Waals surface area (Å²) < 4.78 is 0. The Morgan fingerprint density at radius 3 is 2.86 bits per heavy atom. The van der Waals surface area contributed by atoms with Gasteiger partial charge < -0.3 is 0 Å². The zero-order valence-corrected chi connectivity index (χ0v) is 8.32. The van der Waals surface area contributed by atoms with Gasteiger partial charge in [0, 0.05) is 12.0 Å². The van der Waals surface area contributed by atoms with E-state index in [9.17, 15) is 4.79 Å². The number of carbonyl (C=O) groups is 1. The standard InChI is InChI=1S/C11H12N2O/c1-7(2)10-6-8-9(12-13-10)4-3-5-11(8)14/h3,5-7H,4H2,1-2H3. The number of hydrogen-bond donors (Lipinski definition) is 0. The number of aromatic nitrogens is 2. The Morgan fingerprint density at radius 2 is 2.14 bits per heavy atom. The zero-order valence-electron chi connectivity index (χ0n) is 8.32. The second kappa shape index (κ2) is 3.33. The van der Waals surface area contributed by atoms with E-state index in [1.165, 1.54) is 0 Å². The molecule has 1 aliphatic carbocycles. The summed E-state index contributed by atoms with van der Waals surface area (Å²) in [6.07, 6.45) is 4.15. The molecule has 14 heavy (non-hydrogen) atoms. The van der Waals surface area contributed by atoms with Crippen LogP contribution in [0.1, 0.15) is 41.5 Å². The van der Waals surface area contributed by atoms with E-state index >= 15 is 0 Å². The average Bonchev–Trinajstić information content (AvgIpc) is 2.18. The van der Waals surface area contributed by atoms with Crippen molar-refractivity contribution in [1.29, 1.82) is 0 Å². The van der Waals surface area contributed by atoms with Crippen molar-refractivity contribution in [3.63, 3.8) is 0 Å². The van der Waals surface area contributed by atoms with E-state index in [2.05, 4.69) is 10.2 Å². The molecule has 0 spiro atoms. The fraction of sp³-hybridized carbons (Fsp3) is 0.364. The van der Waals surface area contributed by atoms with Gasteiger partial charge in [-0.05, 0) is 18.1 Å². The lowest BCUT2D eigenvalue weighted by Gasteiger charge is -2.10. The fourth-order valence-electron chi connectivity index (χ4n) is 1.45. The predicted molar refractivity (Wildman–Crippen MR) is 53.3 cm³/mol. The molecule has 1 aromatic heterocycles. The molecule has 3 heteroatoms. The fourth-order valence-corrected chi connectivity index (χ4v) is 1.45. The molecule has 0 bridgehead atoms. The van der Waals surface area contributed by atoms with Crippen molar-refractivity contribution in [2.24, 2.45) is 0 Å². The van der Waals surface area contributed by atoms with Gasteiger partial charge in [0.15, 0.2) is 5.78 Å². The van der Waals surface area contributed by atoms with Crippen molar-refractivity contribution >= 4 is 5.78 Å². The highest BCUT2D eigenvalue weighted by Gasteiger charge is 2.16. The van der Waals surface area contributed by atoms with Crippen molar-refractivity contribution < 1.29 is 4.79 Å². The van der Waals surface area contributed by atoms with Crippen LogP contribution in [0.3, 0.4) is 0 Å². The lowest BCUT2D eigenvalue weighted by molar-refractivity contribution is 0.104. The van der Waals surface area contributed by atoms with Gasteiger partial charge in [-0.3, -0.25) is 4.79 Å². The van der Waals surface area contributed by atoms with Crippen molar-refractivity contribution in [2.45, 2.75) is 26.2 Å². The van der Waals surface area contributed by atoms with Gasteiger partial charge in [0.05, 0.1) is 11.4 Å². The minimum Gasteiger partial charge on any atom is -0.289 e. The highest BCUT2D eigenvalue weighted by atomic mass is 16.1. The Hall–Kier alpha value is -1.51. The van der Waals surface area contributed by atoms with E-state index in [4.69, 9.17) is 0 Å².